The fraction of sp³-hybridized carbons (Fsp3) is 0.538. The van der Waals surface area contributed by atoms with Gasteiger partial charge in [-0.3, -0.25) is 0 Å². The van der Waals surface area contributed by atoms with E-state index >= 15 is 0 Å². The van der Waals surface area contributed by atoms with E-state index < -0.39 is 0 Å². The minimum atomic E-state index is 1.19. The number of aryl methyl sites for hydroxylation is 1. The first-order chi connectivity index (χ1) is 7.75. The molecule has 0 spiro atoms. The van der Waals surface area contributed by atoms with Crippen molar-refractivity contribution in [3.63, 3.8) is 0 Å². The Labute approximate surface area is 105 Å². The monoisotopic (exact) mass is 255 g/mol. The topological polar surface area (TPSA) is 3.24 Å². The summed E-state index contributed by atoms with van der Waals surface area (Å²) in [4.78, 5) is 0. The van der Waals surface area contributed by atoms with Gasteiger partial charge in [0.1, 0.15) is 0 Å². The van der Waals surface area contributed by atoms with Crippen molar-refractivity contribution in [1.29, 1.82) is 0 Å². The third kappa shape index (κ3) is 4.81. The van der Waals surface area contributed by atoms with Gasteiger partial charge in [-0.05, 0) is 43.3 Å². The van der Waals surface area contributed by atoms with Gasteiger partial charge in [0.2, 0.25) is 0 Å². The van der Waals surface area contributed by atoms with Crippen molar-refractivity contribution in [3.05, 3.63) is 29.8 Å². The van der Waals surface area contributed by atoms with Crippen LogP contribution in [-0.4, -0.2) is 0 Å². The van der Waals surface area contributed by atoms with Crippen LogP contribution in [0.3, 0.4) is 0 Å². The minimum absolute atomic E-state index is 1.19. The Hall–Kier alpha value is -0.120. The van der Waals surface area contributed by atoms with Gasteiger partial charge in [-0.2, -0.15) is 0 Å². The van der Waals surface area contributed by atoms with Gasteiger partial charge in [-0.25, -0.2) is 0 Å². The van der Waals surface area contributed by atoms with Crippen molar-refractivity contribution in [2.24, 2.45) is 0 Å². The number of rotatable bonds is 7. The van der Waals surface area contributed by atoms with Crippen molar-refractivity contribution in [2.45, 2.75) is 45.4 Å². The quantitative estimate of drug-likeness (QED) is 0.509. The van der Waals surface area contributed by atoms with E-state index in [-0.39, 0.29) is 0 Å². The van der Waals surface area contributed by atoms with Crippen LogP contribution in [-0.2, 0) is 6.42 Å². The van der Waals surface area contributed by atoms with Crippen molar-refractivity contribution >= 4 is 24.5 Å². The summed E-state index contributed by atoms with van der Waals surface area (Å²) in [5.41, 5.74) is 2.75. The minimum Gasteiger partial charge on any atom is -0.341 e. The van der Waals surface area contributed by atoms with Crippen molar-refractivity contribution in [3.8, 4) is 0 Å². The molecule has 0 aliphatic heterocycles. The Bertz CT molecular complexity index is 300. The molecular weight excluding hydrogens is 232 g/mol. The number of nitrogens with zero attached hydrogens (tertiary/aromatic N) is 1. The van der Waals surface area contributed by atoms with Crippen LogP contribution in [0.5, 0.6) is 0 Å². The van der Waals surface area contributed by atoms with Crippen LogP contribution in [0.25, 0.3) is 0 Å². The first-order valence-corrected chi connectivity index (χ1v) is 7.16. The molecule has 0 radical (unpaired) electrons. The van der Waals surface area contributed by atoms with E-state index in [4.69, 9.17) is 0 Å². The summed E-state index contributed by atoms with van der Waals surface area (Å²) in [6, 6.07) is 8.62. The number of unbranched alkanes of at least 4 members (excludes halogenated alkanes) is 4. The van der Waals surface area contributed by atoms with Crippen molar-refractivity contribution in [1.82, 2.24) is 0 Å². The van der Waals surface area contributed by atoms with Crippen molar-refractivity contribution in [2.75, 3.05) is 4.44 Å². The van der Waals surface area contributed by atoms with Crippen LogP contribution in [0.15, 0.2) is 24.3 Å². The molecule has 1 rings (SSSR count). The molecule has 0 amide bonds. The largest absolute Gasteiger partial charge is 0.341 e. The molecule has 0 heterocycles. The third-order valence-corrected chi connectivity index (χ3v) is 3.38. The summed E-state index contributed by atoms with van der Waals surface area (Å²) in [6.07, 6.45) is 7.93. The lowest BCUT2D eigenvalue weighted by Gasteiger charge is -2.16. The zero-order valence-electron chi connectivity index (χ0n) is 10.2. The maximum absolute atomic E-state index is 2.70. The Morgan fingerprint density at radius 1 is 1.00 bits per heavy atom. The first-order valence-electron chi connectivity index (χ1n) is 6.13. The summed E-state index contributed by atoms with van der Waals surface area (Å²) in [6.45, 7) is 2.26. The molecule has 0 saturated carbocycles. The molecule has 1 nitrogen and oxygen atoms in total. The average molecular weight is 255 g/mol. The van der Waals surface area contributed by atoms with Crippen LogP contribution >= 0.6 is 18.8 Å². The van der Waals surface area contributed by atoms with Gasteiger partial charge in [0.15, 0.2) is 0 Å². The molecule has 0 aliphatic rings. The fourth-order valence-corrected chi connectivity index (χ4v) is 2.40. The lowest BCUT2D eigenvalue weighted by Crippen LogP contribution is -1.96. The van der Waals surface area contributed by atoms with Gasteiger partial charge in [0, 0.05) is 5.69 Å². The normalized spacial score (nSPS) is 10.4. The molecule has 0 fully saturated rings. The van der Waals surface area contributed by atoms with Crippen LogP contribution < -0.4 is 4.44 Å². The molecule has 3 heteroatoms. The summed E-state index contributed by atoms with van der Waals surface area (Å²) in [7, 11) is 5.39. The lowest BCUT2D eigenvalue weighted by atomic mass is 10.0. The Kier molecular flexibility index (Phi) is 7.01. The summed E-state index contributed by atoms with van der Waals surface area (Å²) in [5, 5.41) is 0. The van der Waals surface area contributed by atoms with Crippen LogP contribution in [0.2, 0.25) is 0 Å². The molecule has 0 N–H and O–H groups in total. The van der Waals surface area contributed by atoms with Crippen molar-refractivity contribution < 1.29 is 0 Å². The summed E-state index contributed by atoms with van der Waals surface area (Å²) >= 11 is 0. The second-order valence-corrected chi connectivity index (χ2v) is 5.91. The Morgan fingerprint density at radius 3 is 2.38 bits per heavy atom. The fourth-order valence-electron chi connectivity index (χ4n) is 1.89. The summed E-state index contributed by atoms with van der Waals surface area (Å²) < 4.78 is 2.04. The second-order valence-electron chi connectivity index (χ2n) is 4.20. The zero-order valence-corrected chi connectivity index (χ0v) is 12.5. The maximum Gasteiger partial charge on any atom is 0.0455 e. The van der Waals surface area contributed by atoms with E-state index in [1.165, 1.54) is 49.8 Å². The zero-order chi connectivity index (χ0) is 11.8. The highest BCUT2D eigenvalue weighted by Crippen LogP contribution is 2.27. The predicted molar refractivity (Wildman–Crippen MR) is 80.8 cm³/mol. The highest BCUT2D eigenvalue weighted by molar-refractivity contribution is 7.39. The highest BCUT2D eigenvalue weighted by Gasteiger charge is 2.02. The Morgan fingerprint density at radius 2 is 1.69 bits per heavy atom. The smallest absolute Gasteiger partial charge is 0.0455 e. The number of hydrogen-bond donors (Lipinski definition) is 0. The molecule has 1 aromatic rings. The predicted octanol–water partition coefficient (Wildman–Crippen LogP) is 4.59. The third-order valence-electron chi connectivity index (χ3n) is 2.82. The van der Waals surface area contributed by atoms with E-state index in [1.807, 2.05) is 4.44 Å². The molecule has 0 aliphatic carbocycles. The molecule has 2 atom stereocenters. The molecule has 0 bridgehead atoms. The number of benzene rings is 1. The van der Waals surface area contributed by atoms with E-state index in [0.717, 1.165) is 0 Å². The molecule has 0 saturated heterocycles. The number of para-hydroxylation sites is 1. The first kappa shape index (κ1) is 13.9. The Balaban J connectivity index is 2.41. The van der Waals surface area contributed by atoms with Gasteiger partial charge in [-0.15, -0.1) is 0 Å². The maximum atomic E-state index is 2.70. The molecule has 16 heavy (non-hydrogen) atoms. The van der Waals surface area contributed by atoms with Crippen LogP contribution in [0.4, 0.5) is 5.69 Å². The molecule has 1 aromatic carbocycles. The number of hydrogen-bond acceptors (Lipinski definition) is 1. The van der Waals surface area contributed by atoms with E-state index in [9.17, 15) is 0 Å². The van der Waals surface area contributed by atoms with E-state index in [1.54, 1.807) is 0 Å². The van der Waals surface area contributed by atoms with Crippen LogP contribution in [0, 0.1) is 0 Å². The standard InChI is InChI=1S/C13H23NP2/c1-2-3-4-5-6-9-12-10-7-8-11-13(12)14(15)16/h7-8,10-11H,2-6,9,15-16H2,1H3. The van der Waals surface area contributed by atoms with Gasteiger partial charge in [0.25, 0.3) is 0 Å². The SMILES string of the molecule is CCCCCCCc1ccccc1N(P)P. The summed E-state index contributed by atoms with van der Waals surface area (Å²) in [5.74, 6) is 0. The molecule has 2 unspecified atom stereocenters. The molecular formula is C13H23NP2. The molecule has 0 aromatic heterocycles. The highest BCUT2D eigenvalue weighted by atomic mass is 31.1. The lowest BCUT2D eigenvalue weighted by molar-refractivity contribution is 0.632. The van der Waals surface area contributed by atoms with Crippen LogP contribution in [0.1, 0.15) is 44.6 Å². The second kappa shape index (κ2) is 8.04. The van der Waals surface area contributed by atoms with E-state index in [0.29, 0.717) is 0 Å². The molecule has 90 valence electrons. The number of anilines is 1. The van der Waals surface area contributed by atoms with Gasteiger partial charge < -0.3 is 4.44 Å². The van der Waals surface area contributed by atoms with Gasteiger partial charge in [-0.1, -0.05) is 50.8 Å². The average Bonchev–Trinajstić information content (AvgIpc) is 2.29. The van der Waals surface area contributed by atoms with E-state index in [2.05, 4.69) is 50.0 Å². The van der Waals surface area contributed by atoms with Gasteiger partial charge in [0.05, 0.1) is 0 Å². The van der Waals surface area contributed by atoms with Gasteiger partial charge >= 0.3 is 0 Å².